The predicted molar refractivity (Wildman–Crippen MR) is 63.4 cm³/mol. The number of aliphatic hydroxyl groups is 1. The van der Waals surface area contributed by atoms with E-state index in [-0.39, 0.29) is 18.2 Å². The number of rotatable bonds is 2. The Labute approximate surface area is 104 Å². The van der Waals surface area contributed by atoms with Crippen molar-refractivity contribution in [1.29, 1.82) is 0 Å². The fourth-order valence-corrected chi connectivity index (χ4v) is 2.16. The third kappa shape index (κ3) is 2.62. The van der Waals surface area contributed by atoms with Gasteiger partial charge in [-0.3, -0.25) is 4.79 Å². The minimum absolute atomic E-state index is 0.142. The number of aromatic amines is 2. The van der Waals surface area contributed by atoms with Gasteiger partial charge in [0.05, 0.1) is 18.3 Å². The topological polar surface area (TPSA) is 98.4 Å². The zero-order valence-corrected chi connectivity index (χ0v) is 10.4. The van der Waals surface area contributed by atoms with Gasteiger partial charge in [0, 0.05) is 19.3 Å². The van der Waals surface area contributed by atoms with Crippen LogP contribution in [0.2, 0.25) is 0 Å². The lowest BCUT2D eigenvalue weighted by atomic mass is 10.0. The summed E-state index contributed by atoms with van der Waals surface area (Å²) in [4.78, 5) is 29.5. The molecule has 1 aromatic heterocycles. The second kappa shape index (κ2) is 4.58. The van der Waals surface area contributed by atoms with E-state index < -0.39 is 17.4 Å². The standard InChI is InChI=1S/C11H17N3O4/c1-11(2)6-14(4-7(5-15)18-11)9(16)8-3-12-10(17)13-8/h3,7,15H,4-6H2,1-2H3,(H2,12,13,17). The highest BCUT2D eigenvalue weighted by atomic mass is 16.5. The summed E-state index contributed by atoms with van der Waals surface area (Å²) in [6.07, 6.45) is 0.949. The van der Waals surface area contributed by atoms with Crippen molar-refractivity contribution >= 4 is 5.91 Å². The first kappa shape index (κ1) is 12.8. The van der Waals surface area contributed by atoms with Gasteiger partial charge in [-0.2, -0.15) is 0 Å². The fourth-order valence-electron chi connectivity index (χ4n) is 2.16. The van der Waals surface area contributed by atoms with E-state index in [0.717, 1.165) is 0 Å². The van der Waals surface area contributed by atoms with Crippen LogP contribution in [-0.2, 0) is 4.74 Å². The van der Waals surface area contributed by atoms with Gasteiger partial charge in [0.15, 0.2) is 0 Å². The molecule has 7 heteroatoms. The van der Waals surface area contributed by atoms with E-state index in [1.54, 1.807) is 4.90 Å². The number of hydrogen-bond acceptors (Lipinski definition) is 4. The van der Waals surface area contributed by atoms with Gasteiger partial charge in [-0.25, -0.2) is 4.79 Å². The van der Waals surface area contributed by atoms with Crippen molar-refractivity contribution in [1.82, 2.24) is 14.9 Å². The average Bonchev–Trinajstić information content (AvgIpc) is 2.72. The summed E-state index contributed by atoms with van der Waals surface area (Å²) >= 11 is 0. The maximum absolute atomic E-state index is 12.2. The number of H-pyrrole nitrogens is 2. The van der Waals surface area contributed by atoms with Crippen LogP contribution in [0.4, 0.5) is 0 Å². The molecule has 1 atom stereocenters. The molecule has 1 aliphatic heterocycles. The smallest absolute Gasteiger partial charge is 0.323 e. The van der Waals surface area contributed by atoms with E-state index in [2.05, 4.69) is 9.97 Å². The quantitative estimate of drug-likeness (QED) is 0.651. The molecular formula is C11H17N3O4. The van der Waals surface area contributed by atoms with Crippen LogP contribution >= 0.6 is 0 Å². The Morgan fingerprint density at radius 1 is 1.67 bits per heavy atom. The molecule has 2 heterocycles. The summed E-state index contributed by atoms with van der Waals surface area (Å²) < 4.78 is 5.62. The normalized spacial score (nSPS) is 23.1. The van der Waals surface area contributed by atoms with Crippen LogP contribution in [-0.4, -0.2) is 57.3 Å². The van der Waals surface area contributed by atoms with E-state index in [9.17, 15) is 14.7 Å². The average molecular weight is 255 g/mol. The number of aromatic nitrogens is 2. The van der Waals surface area contributed by atoms with Gasteiger partial charge in [0.2, 0.25) is 0 Å². The number of morpholine rings is 1. The van der Waals surface area contributed by atoms with Crippen molar-refractivity contribution in [3.63, 3.8) is 0 Å². The number of carbonyl (C=O) groups is 1. The molecule has 0 radical (unpaired) electrons. The minimum atomic E-state index is -0.516. The second-order valence-corrected chi connectivity index (χ2v) is 5.02. The van der Waals surface area contributed by atoms with Crippen LogP contribution in [0.3, 0.4) is 0 Å². The highest BCUT2D eigenvalue weighted by Gasteiger charge is 2.35. The molecule has 1 amide bonds. The lowest BCUT2D eigenvalue weighted by molar-refractivity contribution is -0.139. The van der Waals surface area contributed by atoms with E-state index in [4.69, 9.17) is 4.74 Å². The van der Waals surface area contributed by atoms with Crippen molar-refractivity contribution in [3.8, 4) is 0 Å². The summed E-state index contributed by atoms with van der Waals surface area (Å²) in [5, 5.41) is 9.17. The largest absolute Gasteiger partial charge is 0.394 e. The Balaban J connectivity index is 2.17. The highest BCUT2D eigenvalue weighted by Crippen LogP contribution is 2.21. The van der Waals surface area contributed by atoms with Crippen LogP contribution in [0, 0.1) is 0 Å². The number of hydrogen-bond donors (Lipinski definition) is 3. The molecule has 7 nitrogen and oxygen atoms in total. The van der Waals surface area contributed by atoms with E-state index >= 15 is 0 Å². The third-order valence-electron chi connectivity index (χ3n) is 2.80. The lowest BCUT2D eigenvalue weighted by Crippen LogP contribution is -2.55. The van der Waals surface area contributed by atoms with Gasteiger partial charge >= 0.3 is 5.69 Å². The summed E-state index contributed by atoms with van der Waals surface area (Å²) in [7, 11) is 0. The Morgan fingerprint density at radius 3 is 2.94 bits per heavy atom. The minimum Gasteiger partial charge on any atom is -0.394 e. The molecule has 0 aromatic carbocycles. The SMILES string of the molecule is CC1(C)CN(C(=O)c2c[nH]c(=O)[nH]2)CC(CO)O1. The van der Waals surface area contributed by atoms with Crippen LogP contribution < -0.4 is 5.69 Å². The van der Waals surface area contributed by atoms with E-state index in [0.29, 0.717) is 13.1 Å². The lowest BCUT2D eigenvalue weighted by Gasteiger charge is -2.42. The van der Waals surface area contributed by atoms with Gasteiger partial charge in [0.25, 0.3) is 5.91 Å². The first-order valence-electron chi connectivity index (χ1n) is 5.77. The third-order valence-corrected chi connectivity index (χ3v) is 2.80. The van der Waals surface area contributed by atoms with Crippen molar-refractivity contribution in [2.24, 2.45) is 0 Å². The zero-order chi connectivity index (χ0) is 13.3. The molecule has 1 unspecified atom stereocenters. The monoisotopic (exact) mass is 255 g/mol. The number of nitrogens with one attached hydrogen (secondary N) is 2. The predicted octanol–water partition coefficient (Wildman–Crippen LogP) is -0.685. The Morgan fingerprint density at radius 2 is 2.39 bits per heavy atom. The Hall–Kier alpha value is -1.60. The zero-order valence-electron chi connectivity index (χ0n) is 10.4. The van der Waals surface area contributed by atoms with Gasteiger partial charge in [-0.15, -0.1) is 0 Å². The molecule has 100 valence electrons. The first-order valence-corrected chi connectivity index (χ1v) is 5.77. The Bertz CT molecular complexity index is 490. The number of carbonyl (C=O) groups excluding carboxylic acids is 1. The molecule has 0 aliphatic carbocycles. The van der Waals surface area contributed by atoms with Crippen molar-refractivity contribution < 1.29 is 14.6 Å². The molecule has 0 bridgehead atoms. The van der Waals surface area contributed by atoms with E-state index in [1.165, 1.54) is 6.20 Å². The molecule has 1 aliphatic rings. The number of amides is 1. The molecule has 1 fully saturated rings. The van der Waals surface area contributed by atoms with Crippen molar-refractivity contribution in [2.75, 3.05) is 19.7 Å². The number of imidazole rings is 1. The Kier molecular flexibility index (Phi) is 3.27. The molecule has 18 heavy (non-hydrogen) atoms. The molecule has 2 rings (SSSR count). The van der Waals surface area contributed by atoms with Gasteiger partial charge in [-0.1, -0.05) is 0 Å². The van der Waals surface area contributed by atoms with Gasteiger partial charge in [0.1, 0.15) is 5.69 Å². The highest BCUT2D eigenvalue weighted by molar-refractivity contribution is 5.92. The summed E-state index contributed by atoms with van der Waals surface area (Å²) in [6, 6.07) is 0. The summed E-state index contributed by atoms with van der Waals surface area (Å²) in [6.45, 7) is 4.29. The molecule has 0 spiro atoms. The maximum Gasteiger partial charge on any atom is 0.323 e. The van der Waals surface area contributed by atoms with Crippen molar-refractivity contribution in [2.45, 2.75) is 25.6 Å². The summed E-state index contributed by atoms with van der Waals surface area (Å²) in [5.74, 6) is -0.275. The summed E-state index contributed by atoms with van der Waals surface area (Å²) in [5.41, 5.74) is -0.711. The van der Waals surface area contributed by atoms with Crippen LogP contribution in [0.15, 0.2) is 11.0 Å². The van der Waals surface area contributed by atoms with Gasteiger partial charge in [-0.05, 0) is 13.8 Å². The van der Waals surface area contributed by atoms with Crippen LogP contribution in [0.1, 0.15) is 24.3 Å². The molecule has 1 aromatic rings. The number of aliphatic hydroxyl groups excluding tert-OH is 1. The van der Waals surface area contributed by atoms with Crippen molar-refractivity contribution in [3.05, 3.63) is 22.4 Å². The van der Waals surface area contributed by atoms with Crippen LogP contribution in [0.25, 0.3) is 0 Å². The molecule has 0 saturated carbocycles. The first-order chi connectivity index (χ1) is 8.41. The number of nitrogens with zero attached hydrogens (tertiary/aromatic N) is 1. The van der Waals surface area contributed by atoms with Crippen LogP contribution in [0.5, 0.6) is 0 Å². The number of ether oxygens (including phenoxy) is 1. The molecular weight excluding hydrogens is 238 g/mol. The molecule has 1 saturated heterocycles. The second-order valence-electron chi connectivity index (χ2n) is 5.02. The fraction of sp³-hybridized carbons (Fsp3) is 0.636. The maximum atomic E-state index is 12.2. The van der Waals surface area contributed by atoms with E-state index in [1.807, 2.05) is 13.8 Å². The van der Waals surface area contributed by atoms with Gasteiger partial charge < -0.3 is 24.7 Å². The molecule has 3 N–H and O–H groups in total.